The molecule has 2 unspecified atom stereocenters. The number of hydrogen-bond donors (Lipinski definition) is 2. The summed E-state index contributed by atoms with van der Waals surface area (Å²) in [5.41, 5.74) is -0.167. The molecule has 0 bridgehead atoms. The lowest BCUT2D eigenvalue weighted by Gasteiger charge is -2.63. The third-order valence-electron chi connectivity index (χ3n) is 10.4. The molecule has 0 amide bonds. The summed E-state index contributed by atoms with van der Waals surface area (Å²) in [6.45, 7) is 6.78. The van der Waals surface area contributed by atoms with E-state index in [4.69, 9.17) is 4.74 Å². The fourth-order valence-electron chi connectivity index (χ4n) is 8.59. The van der Waals surface area contributed by atoms with Crippen molar-refractivity contribution in [2.75, 3.05) is 7.11 Å². The van der Waals surface area contributed by atoms with Gasteiger partial charge in [0.05, 0.1) is 19.3 Å². The van der Waals surface area contributed by atoms with Crippen molar-refractivity contribution in [3.05, 3.63) is 0 Å². The maximum Gasteiger partial charge on any atom is 0.305 e. The van der Waals surface area contributed by atoms with Crippen molar-refractivity contribution in [3.8, 4) is 0 Å². The Morgan fingerprint density at radius 3 is 2.63 bits per heavy atom. The first-order valence-corrected chi connectivity index (χ1v) is 12.1. The van der Waals surface area contributed by atoms with Crippen LogP contribution < -0.4 is 0 Å². The first-order chi connectivity index (χ1) is 14.1. The maximum atomic E-state index is 12.1. The van der Waals surface area contributed by atoms with Crippen molar-refractivity contribution in [1.29, 1.82) is 0 Å². The SMILES string of the molecule is COC(=O)CC[C@@H](C)[C@H]1CC[C@H]2C3C(C[C@H](O)[C@]12C)[C@@]1(C)CCC(=O)C[C@H]1C[C@H]3O. The summed E-state index contributed by atoms with van der Waals surface area (Å²) in [4.78, 5) is 23.8. The molecule has 30 heavy (non-hydrogen) atoms. The Hall–Kier alpha value is -0.940. The Bertz CT molecular complexity index is 691. The number of hydrogen-bond acceptors (Lipinski definition) is 5. The smallest absolute Gasteiger partial charge is 0.305 e. The van der Waals surface area contributed by atoms with Crippen LogP contribution in [0.3, 0.4) is 0 Å². The molecule has 0 aromatic heterocycles. The number of Topliss-reactive ketones (excluding diaryl/α,β-unsaturated/α-hetero) is 1. The number of aliphatic hydroxyl groups excluding tert-OH is 2. The van der Waals surface area contributed by atoms with Crippen molar-refractivity contribution in [3.63, 3.8) is 0 Å². The lowest BCUT2D eigenvalue weighted by Crippen LogP contribution is -2.62. The number of fused-ring (bicyclic) bond motifs is 5. The first kappa shape index (κ1) is 22.3. The van der Waals surface area contributed by atoms with Gasteiger partial charge in [-0.15, -0.1) is 0 Å². The third kappa shape index (κ3) is 3.26. The average Bonchev–Trinajstić information content (AvgIpc) is 3.06. The summed E-state index contributed by atoms with van der Waals surface area (Å²) in [6, 6.07) is 0. The highest BCUT2D eigenvalue weighted by atomic mass is 16.5. The molecule has 4 aliphatic rings. The van der Waals surface area contributed by atoms with E-state index in [9.17, 15) is 19.8 Å². The third-order valence-corrected chi connectivity index (χ3v) is 10.4. The van der Waals surface area contributed by atoms with Gasteiger partial charge in [-0.1, -0.05) is 20.8 Å². The lowest BCUT2D eigenvalue weighted by molar-refractivity contribution is -0.201. The molecule has 0 radical (unpaired) electrons. The molecule has 0 saturated heterocycles. The Morgan fingerprint density at radius 2 is 1.93 bits per heavy atom. The van der Waals surface area contributed by atoms with Gasteiger partial charge in [-0.3, -0.25) is 9.59 Å². The van der Waals surface area contributed by atoms with Crippen molar-refractivity contribution in [2.45, 2.75) is 90.8 Å². The van der Waals surface area contributed by atoms with E-state index in [0.717, 1.165) is 38.5 Å². The number of esters is 1. The van der Waals surface area contributed by atoms with Crippen LogP contribution in [-0.4, -0.2) is 41.3 Å². The Kier molecular flexibility index (Phi) is 5.85. The molecule has 4 rings (SSSR count). The number of methoxy groups -OCH3 is 1. The van der Waals surface area contributed by atoms with E-state index in [1.54, 1.807) is 0 Å². The predicted molar refractivity (Wildman–Crippen MR) is 113 cm³/mol. The van der Waals surface area contributed by atoms with Gasteiger partial charge in [0.25, 0.3) is 0 Å². The standard InChI is InChI=1S/C25H40O5/c1-14(5-8-22(29)30-4)17-6-7-18-23-19(13-21(28)25(17,18)3)24(2)10-9-16(26)11-15(24)12-20(23)27/h14-15,17-21,23,27-28H,5-13H2,1-4H3/t14-,15+,17-,18+,19?,20-,21+,23?,24+,25-/m1/s1. The minimum Gasteiger partial charge on any atom is -0.469 e. The summed E-state index contributed by atoms with van der Waals surface area (Å²) in [7, 11) is 1.43. The van der Waals surface area contributed by atoms with E-state index in [2.05, 4.69) is 20.8 Å². The Labute approximate surface area is 180 Å². The van der Waals surface area contributed by atoms with E-state index >= 15 is 0 Å². The molecule has 4 aliphatic carbocycles. The van der Waals surface area contributed by atoms with Crippen LogP contribution in [0.25, 0.3) is 0 Å². The summed E-state index contributed by atoms with van der Waals surface area (Å²) in [6.07, 6.45) is 6.15. The number of ketones is 1. The summed E-state index contributed by atoms with van der Waals surface area (Å²) >= 11 is 0. The summed E-state index contributed by atoms with van der Waals surface area (Å²) < 4.78 is 4.82. The summed E-state index contributed by atoms with van der Waals surface area (Å²) in [5, 5.41) is 22.8. The number of rotatable bonds is 4. The summed E-state index contributed by atoms with van der Waals surface area (Å²) in [5.74, 6) is 1.92. The van der Waals surface area contributed by atoms with Crippen LogP contribution in [0, 0.1) is 46.3 Å². The molecule has 2 N–H and O–H groups in total. The Balaban J connectivity index is 1.58. The monoisotopic (exact) mass is 420 g/mol. The molecule has 4 saturated carbocycles. The van der Waals surface area contributed by atoms with Gasteiger partial charge in [0, 0.05) is 19.3 Å². The molecule has 4 fully saturated rings. The van der Waals surface area contributed by atoms with E-state index < -0.39 is 6.10 Å². The van der Waals surface area contributed by atoms with Gasteiger partial charge in [0.1, 0.15) is 5.78 Å². The van der Waals surface area contributed by atoms with Gasteiger partial charge in [-0.25, -0.2) is 0 Å². The quantitative estimate of drug-likeness (QED) is 0.677. The molecule has 0 aromatic carbocycles. The van der Waals surface area contributed by atoms with Crippen LogP contribution in [0.2, 0.25) is 0 Å². The van der Waals surface area contributed by atoms with Crippen LogP contribution in [0.1, 0.15) is 78.6 Å². The van der Waals surface area contributed by atoms with Crippen molar-refractivity contribution >= 4 is 11.8 Å². The molecule has 0 aromatic rings. The minimum absolute atomic E-state index is 0.0503. The van der Waals surface area contributed by atoms with Crippen molar-refractivity contribution in [1.82, 2.24) is 0 Å². The number of aliphatic hydroxyl groups is 2. The zero-order valence-corrected chi connectivity index (χ0v) is 19.1. The van der Waals surface area contributed by atoms with E-state index in [-0.39, 0.29) is 40.7 Å². The zero-order valence-electron chi connectivity index (χ0n) is 19.1. The van der Waals surface area contributed by atoms with Gasteiger partial charge >= 0.3 is 5.97 Å². The lowest BCUT2D eigenvalue weighted by atomic mass is 9.43. The molecule has 5 nitrogen and oxygen atoms in total. The highest BCUT2D eigenvalue weighted by Crippen LogP contribution is 2.68. The van der Waals surface area contributed by atoms with E-state index in [0.29, 0.717) is 42.8 Å². The molecule has 0 aliphatic heterocycles. The van der Waals surface area contributed by atoms with Crippen LogP contribution in [0.15, 0.2) is 0 Å². The number of carbonyl (C=O) groups is 2. The largest absolute Gasteiger partial charge is 0.469 e. The molecule has 0 spiro atoms. The van der Waals surface area contributed by atoms with Crippen molar-refractivity contribution < 1.29 is 24.5 Å². The van der Waals surface area contributed by atoms with Gasteiger partial charge < -0.3 is 14.9 Å². The van der Waals surface area contributed by atoms with Gasteiger partial charge in [-0.05, 0) is 84.9 Å². The van der Waals surface area contributed by atoms with E-state index in [1.807, 2.05) is 0 Å². The predicted octanol–water partition coefficient (Wildman–Crippen LogP) is 3.75. The molecule has 170 valence electrons. The molecular formula is C25H40O5. The fourth-order valence-corrected chi connectivity index (χ4v) is 8.59. The van der Waals surface area contributed by atoms with Gasteiger partial charge in [0.2, 0.25) is 0 Å². The van der Waals surface area contributed by atoms with Gasteiger partial charge in [0.15, 0.2) is 0 Å². The van der Waals surface area contributed by atoms with E-state index in [1.165, 1.54) is 7.11 Å². The fraction of sp³-hybridized carbons (Fsp3) is 0.920. The minimum atomic E-state index is -0.391. The second-order valence-corrected chi connectivity index (χ2v) is 11.4. The van der Waals surface area contributed by atoms with Gasteiger partial charge in [-0.2, -0.15) is 0 Å². The second kappa shape index (κ2) is 7.88. The zero-order chi connectivity index (χ0) is 21.8. The average molecular weight is 421 g/mol. The normalized spacial score (nSPS) is 49.0. The highest BCUT2D eigenvalue weighted by molar-refractivity contribution is 5.79. The molecule has 0 heterocycles. The molecule has 5 heteroatoms. The van der Waals surface area contributed by atoms with Crippen LogP contribution in [0.4, 0.5) is 0 Å². The number of carbonyl (C=O) groups excluding carboxylic acids is 2. The second-order valence-electron chi connectivity index (χ2n) is 11.4. The number of ether oxygens (including phenoxy) is 1. The van der Waals surface area contributed by atoms with Crippen molar-refractivity contribution in [2.24, 2.45) is 46.3 Å². The highest BCUT2D eigenvalue weighted by Gasteiger charge is 2.65. The Morgan fingerprint density at radius 1 is 1.20 bits per heavy atom. The van der Waals surface area contributed by atoms with Crippen LogP contribution >= 0.6 is 0 Å². The van der Waals surface area contributed by atoms with Crippen LogP contribution in [0.5, 0.6) is 0 Å². The first-order valence-electron chi connectivity index (χ1n) is 12.1. The van der Waals surface area contributed by atoms with Crippen LogP contribution in [-0.2, 0) is 14.3 Å². The topological polar surface area (TPSA) is 83.8 Å². The molecule has 10 atom stereocenters. The maximum absolute atomic E-state index is 12.1. The molecular weight excluding hydrogens is 380 g/mol.